The predicted molar refractivity (Wildman–Crippen MR) is 73.3 cm³/mol. The van der Waals surface area contributed by atoms with Gasteiger partial charge in [-0.05, 0) is 52.3 Å². The number of hydrogen-bond acceptors (Lipinski definition) is 3. The minimum atomic E-state index is -1.01. The van der Waals surface area contributed by atoms with E-state index < -0.39 is 5.97 Å². The number of aromatic carboxylic acids is 1. The average molecular weight is 321 g/mol. The molecule has 0 saturated carbocycles. The number of benzene rings is 1. The summed E-state index contributed by atoms with van der Waals surface area (Å²) in [6.07, 6.45) is 0. The first kappa shape index (κ1) is 13.2. The zero-order chi connectivity index (χ0) is 13.8. The van der Waals surface area contributed by atoms with Gasteiger partial charge in [0, 0.05) is 5.69 Å². The van der Waals surface area contributed by atoms with Gasteiger partial charge in [-0.1, -0.05) is 6.07 Å². The maximum atomic E-state index is 11.9. The van der Waals surface area contributed by atoms with Crippen LogP contribution < -0.4 is 5.32 Å². The predicted octanol–water partition coefficient (Wildman–Crippen LogP) is 2.79. The molecular formula is C13H9BrN2O3. The Bertz CT molecular complexity index is 626. The van der Waals surface area contributed by atoms with Gasteiger partial charge in [0.1, 0.15) is 10.3 Å². The molecule has 0 aliphatic rings. The smallest absolute Gasteiger partial charge is 0.335 e. The molecule has 19 heavy (non-hydrogen) atoms. The Hall–Kier alpha value is -2.21. The van der Waals surface area contributed by atoms with E-state index >= 15 is 0 Å². The van der Waals surface area contributed by atoms with Gasteiger partial charge in [0.15, 0.2) is 0 Å². The van der Waals surface area contributed by atoms with Crippen LogP contribution in [0.25, 0.3) is 0 Å². The van der Waals surface area contributed by atoms with Crippen molar-refractivity contribution in [3.05, 3.63) is 58.3 Å². The minimum Gasteiger partial charge on any atom is -0.478 e. The third-order valence-corrected chi connectivity index (χ3v) is 2.78. The Labute approximate surface area is 117 Å². The van der Waals surface area contributed by atoms with Gasteiger partial charge in [-0.2, -0.15) is 0 Å². The summed E-state index contributed by atoms with van der Waals surface area (Å²) in [6.45, 7) is 0. The molecule has 2 aromatic rings. The minimum absolute atomic E-state index is 0.165. The van der Waals surface area contributed by atoms with Crippen LogP contribution in [0.5, 0.6) is 0 Å². The molecule has 0 unspecified atom stereocenters. The SMILES string of the molecule is O=C(O)c1ccc(NC(=O)c2cccc(Br)n2)cc1. The summed E-state index contributed by atoms with van der Waals surface area (Å²) in [6, 6.07) is 10.9. The third-order valence-electron chi connectivity index (χ3n) is 2.34. The quantitative estimate of drug-likeness (QED) is 0.852. The second-order valence-corrected chi connectivity index (χ2v) is 4.49. The summed E-state index contributed by atoms with van der Waals surface area (Å²) >= 11 is 3.18. The van der Waals surface area contributed by atoms with Crippen molar-refractivity contribution in [3.63, 3.8) is 0 Å². The van der Waals surface area contributed by atoms with Crippen molar-refractivity contribution in [2.75, 3.05) is 5.32 Å². The van der Waals surface area contributed by atoms with E-state index in [0.29, 0.717) is 10.3 Å². The van der Waals surface area contributed by atoms with Crippen molar-refractivity contribution in [2.45, 2.75) is 0 Å². The summed E-state index contributed by atoms with van der Waals surface area (Å²) in [4.78, 5) is 26.6. The number of pyridine rings is 1. The number of amides is 1. The highest BCUT2D eigenvalue weighted by Crippen LogP contribution is 2.12. The maximum absolute atomic E-state index is 11.9. The molecule has 96 valence electrons. The van der Waals surface area contributed by atoms with Crippen LogP contribution in [-0.4, -0.2) is 22.0 Å². The Balaban J connectivity index is 2.13. The molecule has 0 atom stereocenters. The van der Waals surface area contributed by atoms with Gasteiger partial charge in [0.05, 0.1) is 5.56 Å². The molecule has 1 aromatic heterocycles. The van der Waals surface area contributed by atoms with Gasteiger partial charge < -0.3 is 10.4 Å². The van der Waals surface area contributed by atoms with Crippen LogP contribution in [0.2, 0.25) is 0 Å². The maximum Gasteiger partial charge on any atom is 0.335 e. The highest BCUT2D eigenvalue weighted by molar-refractivity contribution is 9.10. The van der Waals surface area contributed by atoms with Crippen molar-refractivity contribution < 1.29 is 14.7 Å². The van der Waals surface area contributed by atoms with Gasteiger partial charge in [-0.3, -0.25) is 4.79 Å². The highest BCUT2D eigenvalue weighted by atomic mass is 79.9. The monoisotopic (exact) mass is 320 g/mol. The molecule has 1 amide bonds. The molecule has 2 N–H and O–H groups in total. The molecular weight excluding hydrogens is 312 g/mol. The second-order valence-electron chi connectivity index (χ2n) is 3.68. The number of nitrogens with zero attached hydrogens (tertiary/aromatic N) is 1. The summed E-state index contributed by atoms with van der Waals surface area (Å²) in [7, 11) is 0. The van der Waals surface area contributed by atoms with Gasteiger partial charge >= 0.3 is 5.97 Å². The standard InChI is InChI=1S/C13H9BrN2O3/c14-11-3-1-2-10(16-11)12(17)15-9-6-4-8(5-7-9)13(18)19/h1-7H,(H,15,17)(H,18,19). The molecule has 6 heteroatoms. The van der Waals surface area contributed by atoms with Crippen molar-refractivity contribution in [1.29, 1.82) is 0 Å². The van der Waals surface area contributed by atoms with E-state index in [-0.39, 0.29) is 17.2 Å². The lowest BCUT2D eigenvalue weighted by Gasteiger charge is -2.05. The van der Waals surface area contributed by atoms with Crippen molar-refractivity contribution in [1.82, 2.24) is 4.98 Å². The summed E-state index contributed by atoms with van der Waals surface area (Å²) < 4.78 is 0.571. The number of anilines is 1. The second kappa shape index (κ2) is 5.62. The summed E-state index contributed by atoms with van der Waals surface area (Å²) in [5, 5.41) is 11.4. The lowest BCUT2D eigenvalue weighted by Crippen LogP contribution is -2.13. The van der Waals surface area contributed by atoms with E-state index in [1.165, 1.54) is 24.3 Å². The topological polar surface area (TPSA) is 79.3 Å². The van der Waals surface area contributed by atoms with Gasteiger partial charge in [-0.15, -0.1) is 0 Å². The van der Waals surface area contributed by atoms with E-state index in [9.17, 15) is 9.59 Å². The largest absolute Gasteiger partial charge is 0.478 e. The number of aromatic nitrogens is 1. The number of carboxylic acid groups (broad SMARTS) is 1. The first-order valence-electron chi connectivity index (χ1n) is 5.33. The van der Waals surface area contributed by atoms with Crippen molar-refractivity contribution >= 4 is 33.5 Å². The number of carboxylic acids is 1. The first-order chi connectivity index (χ1) is 9.06. The van der Waals surface area contributed by atoms with Crippen molar-refractivity contribution in [3.8, 4) is 0 Å². The highest BCUT2D eigenvalue weighted by Gasteiger charge is 2.08. The van der Waals surface area contributed by atoms with E-state index in [4.69, 9.17) is 5.11 Å². The zero-order valence-corrected chi connectivity index (χ0v) is 11.2. The number of carbonyl (C=O) groups excluding carboxylic acids is 1. The van der Waals surface area contributed by atoms with Crippen LogP contribution >= 0.6 is 15.9 Å². The van der Waals surface area contributed by atoms with E-state index in [1.807, 2.05) is 0 Å². The molecule has 0 spiro atoms. The normalized spacial score (nSPS) is 9.95. The number of halogens is 1. The number of nitrogens with one attached hydrogen (secondary N) is 1. The fourth-order valence-electron chi connectivity index (χ4n) is 1.43. The Morgan fingerprint density at radius 3 is 2.37 bits per heavy atom. The molecule has 5 nitrogen and oxygen atoms in total. The zero-order valence-electron chi connectivity index (χ0n) is 9.63. The fourth-order valence-corrected chi connectivity index (χ4v) is 1.77. The molecule has 1 aromatic carbocycles. The van der Waals surface area contributed by atoms with Crippen LogP contribution in [0.1, 0.15) is 20.8 Å². The van der Waals surface area contributed by atoms with Gasteiger partial charge in [0.25, 0.3) is 5.91 Å². The summed E-state index contributed by atoms with van der Waals surface area (Å²) in [5.74, 6) is -1.36. The van der Waals surface area contributed by atoms with E-state index in [1.54, 1.807) is 18.2 Å². The Morgan fingerprint density at radius 1 is 1.11 bits per heavy atom. The number of hydrogen-bond donors (Lipinski definition) is 2. The first-order valence-corrected chi connectivity index (χ1v) is 6.13. The Kier molecular flexibility index (Phi) is 3.91. The van der Waals surface area contributed by atoms with Crippen LogP contribution in [0.3, 0.4) is 0 Å². The molecule has 1 heterocycles. The Morgan fingerprint density at radius 2 is 1.79 bits per heavy atom. The molecule has 0 aliphatic heterocycles. The van der Waals surface area contributed by atoms with Crippen LogP contribution in [-0.2, 0) is 0 Å². The van der Waals surface area contributed by atoms with E-state index in [2.05, 4.69) is 26.2 Å². The van der Waals surface area contributed by atoms with Gasteiger partial charge in [0.2, 0.25) is 0 Å². The lowest BCUT2D eigenvalue weighted by molar-refractivity contribution is 0.0696. The molecule has 2 rings (SSSR count). The van der Waals surface area contributed by atoms with Crippen LogP contribution in [0.4, 0.5) is 5.69 Å². The van der Waals surface area contributed by atoms with Crippen LogP contribution in [0, 0.1) is 0 Å². The fraction of sp³-hybridized carbons (Fsp3) is 0. The molecule has 0 aliphatic carbocycles. The summed E-state index contributed by atoms with van der Waals surface area (Å²) in [5.41, 5.74) is 0.951. The van der Waals surface area contributed by atoms with E-state index in [0.717, 1.165) is 0 Å². The van der Waals surface area contributed by atoms with Gasteiger partial charge in [-0.25, -0.2) is 9.78 Å². The molecule has 0 bridgehead atoms. The molecule has 0 saturated heterocycles. The number of carbonyl (C=O) groups is 2. The third kappa shape index (κ3) is 3.38. The lowest BCUT2D eigenvalue weighted by atomic mass is 10.2. The van der Waals surface area contributed by atoms with Crippen molar-refractivity contribution in [2.24, 2.45) is 0 Å². The molecule has 0 fully saturated rings. The molecule has 0 radical (unpaired) electrons. The average Bonchev–Trinajstić information content (AvgIpc) is 2.39. The number of rotatable bonds is 3. The van der Waals surface area contributed by atoms with Crippen LogP contribution in [0.15, 0.2) is 47.1 Å².